The maximum atomic E-state index is 12.5. The molecule has 0 amide bonds. The van der Waals surface area contributed by atoms with E-state index in [1.807, 2.05) is 6.92 Å². The molecule has 1 N–H and O–H groups in total. The number of hydrogen-bond acceptors (Lipinski definition) is 7. The average molecular weight is 543 g/mol. The van der Waals surface area contributed by atoms with Crippen molar-refractivity contribution in [2.24, 2.45) is 4.99 Å². The topological polar surface area (TPSA) is 117 Å². The monoisotopic (exact) mass is 543 g/mol. The van der Waals surface area contributed by atoms with Crippen LogP contribution in [0.5, 0.6) is 0 Å². The van der Waals surface area contributed by atoms with Gasteiger partial charge in [-0.05, 0) is 19.8 Å². The second kappa shape index (κ2) is 13.0. The molecule has 0 aromatic carbocycles. The van der Waals surface area contributed by atoms with E-state index in [9.17, 15) is 13.2 Å². The predicted octanol–water partition coefficient (Wildman–Crippen LogP) is 1.05. The molecular formula is C17H30IN5O5S. The third kappa shape index (κ3) is 8.46. The Hall–Kier alpha value is -1.41. The molecule has 0 unspecified atom stereocenters. The van der Waals surface area contributed by atoms with Crippen LogP contribution < -0.4 is 5.32 Å². The number of esters is 1. The third-order valence-electron chi connectivity index (χ3n) is 4.37. The number of aromatic nitrogens is 1. The number of hydrogen-bond donors (Lipinski definition) is 1. The normalized spacial score (nSPS) is 15.7. The lowest BCUT2D eigenvalue weighted by atomic mass is 10.2. The van der Waals surface area contributed by atoms with Crippen molar-refractivity contribution in [1.29, 1.82) is 0 Å². The van der Waals surface area contributed by atoms with Crippen molar-refractivity contribution in [2.75, 3.05) is 46.4 Å². The first-order valence-electron chi connectivity index (χ1n) is 9.43. The van der Waals surface area contributed by atoms with E-state index < -0.39 is 10.0 Å². The van der Waals surface area contributed by atoms with E-state index in [0.29, 0.717) is 44.8 Å². The molecule has 1 aromatic rings. The fraction of sp³-hybridized carbons (Fsp3) is 0.706. The van der Waals surface area contributed by atoms with E-state index in [1.165, 1.54) is 17.7 Å². The molecule has 0 bridgehead atoms. The Morgan fingerprint density at radius 2 is 2.03 bits per heavy atom. The number of unbranched alkanes of at least 4 members (excludes halogenated alkanes) is 1. The molecule has 1 fully saturated rings. The van der Waals surface area contributed by atoms with Gasteiger partial charge in [0.05, 0.1) is 12.8 Å². The molecule has 1 aliphatic rings. The lowest BCUT2D eigenvalue weighted by molar-refractivity contribution is -0.140. The maximum Gasteiger partial charge on any atom is 0.305 e. The highest BCUT2D eigenvalue weighted by Gasteiger charge is 2.28. The summed E-state index contributed by atoms with van der Waals surface area (Å²) in [7, 11) is -2.04. The summed E-state index contributed by atoms with van der Waals surface area (Å²) >= 11 is 0. The summed E-state index contributed by atoms with van der Waals surface area (Å²) < 4.78 is 35.9. The summed E-state index contributed by atoms with van der Waals surface area (Å²) in [6.07, 6.45) is 3.28. The van der Waals surface area contributed by atoms with E-state index in [1.54, 1.807) is 6.07 Å². The number of guanidine groups is 1. The predicted molar refractivity (Wildman–Crippen MR) is 120 cm³/mol. The van der Waals surface area contributed by atoms with Gasteiger partial charge in [0.2, 0.25) is 10.0 Å². The highest BCUT2D eigenvalue weighted by molar-refractivity contribution is 14.0. The number of rotatable bonds is 9. The molecule has 1 saturated heterocycles. The standard InChI is InChI=1S/C17H29N5O5S.HI/c1-3-18-17(19-8-5-4-6-16(23)26-2)21-9-11-22(12-10-21)28(24,25)14-15-7-13-27-20-15;/h7,13H,3-6,8-12,14H2,1-2H3,(H,18,19);1H. The number of aliphatic imine (C=N–C) groups is 1. The van der Waals surface area contributed by atoms with Gasteiger partial charge in [-0.25, -0.2) is 8.42 Å². The highest BCUT2D eigenvalue weighted by Crippen LogP contribution is 2.13. The van der Waals surface area contributed by atoms with Crippen LogP contribution in [0.3, 0.4) is 0 Å². The van der Waals surface area contributed by atoms with Crippen molar-refractivity contribution in [3.63, 3.8) is 0 Å². The Kier molecular flexibility index (Phi) is 11.5. The third-order valence-corrected chi connectivity index (χ3v) is 6.18. The molecule has 1 aromatic heterocycles. The number of carbonyl (C=O) groups excluding carboxylic acids is 1. The molecule has 0 aliphatic carbocycles. The minimum absolute atomic E-state index is 0. The van der Waals surface area contributed by atoms with Gasteiger partial charge >= 0.3 is 5.97 Å². The zero-order valence-corrected chi connectivity index (χ0v) is 20.0. The summed E-state index contributed by atoms with van der Waals surface area (Å²) in [6.45, 7) is 5.24. The van der Waals surface area contributed by atoms with E-state index in [2.05, 4.69) is 25.1 Å². The summed E-state index contributed by atoms with van der Waals surface area (Å²) in [6, 6.07) is 1.56. The van der Waals surface area contributed by atoms with Crippen LogP contribution in [0, 0.1) is 0 Å². The van der Waals surface area contributed by atoms with Gasteiger partial charge in [0.25, 0.3) is 0 Å². The van der Waals surface area contributed by atoms with Crippen LogP contribution in [0.4, 0.5) is 0 Å². The van der Waals surface area contributed by atoms with Gasteiger partial charge in [-0.2, -0.15) is 4.31 Å². The molecule has 12 heteroatoms. The second-order valence-electron chi connectivity index (χ2n) is 6.40. The first-order chi connectivity index (χ1) is 13.5. The lowest BCUT2D eigenvalue weighted by Crippen LogP contribution is -2.53. The van der Waals surface area contributed by atoms with Gasteiger partial charge in [0, 0.05) is 51.8 Å². The summed E-state index contributed by atoms with van der Waals surface area (Å²) in [5.74, 6) is 0.408. The number of piperazine rings is 1. The molecule has 0 radical (unpaired) electrons. The van der Waals surface area contributed by atoms with Crippen LogP contribution in [0.1, 0.15) is 31.9 Å². The molecule has 0 spiro atoms. The van der Waals surface area contributed by atoms with Crippen LogP contribution in [-0.2, 0) is 25.3 Å². The molecule has 10 nitrogen and oxygen atoms in total. The van der Waals surface area contributed by atoms with E-state index in [0.717, 1.165) is 25.3 Å². The van der Waals surface area contributed by atoms with Crippen LogP contribution in [0.15, 0.2) is 21.8 Å². The Bertz CT molecular complexity index is 733. The van der Waals surface area contributed by atoms with E-state index >= 15 is 0 Å². The Morgan fingerprint density at radius 1 is 1.31 bits per heavy atom. The van der Waals surface area contributed by atoms with Gasteiger partial charge in [0.1, 0.15) is 12.0 Å². The minimum Gasteiger partial charge on any atom is -0.469 e. The quantitative estimate of drug-likeness (QED) is 0.162. The number of carbonyl (C=O) groups is 1. The zero-order chi connectivity index (χ0) is 20.4. The van der Waals surface area contributed by atoms with Gasteiger partial charge in [0.15, 0.2) is 5.96 Å². The van der Waals surface area contributed by atoms with Crippen LogP contribution >= 0.6 is 24.0 Å². The Balaban J connectivity index is 0.00000420. The van der Waals surface area contributed by atoms with E-state index in [-0.39, 0.29) is 35.7 Å². The van der Waals surface area contributed by atoms with Crippen molar-refractivity contribution in [3.05, 3.63) is 18.0 Å². The summed E-state index contributed by atoms with van der Waals surface area (Å²) in [4.78, 5) is 17.8. The number of methoxy groups -OCH3 is 1. The maximum absolute atomic E-state index is 12.5. The number of sulfonamides is 1. The average Bonchev–Trinajstić information content (AvgIpc) is 3.19. The molecule has 29 heavy (non-hydrogen) atoms. The molecular weight excluding hydrogens is 513 g/mol. The fourth-order valence-electron chi connectivity index (χ4n) is 2.86. The SMILES string of the molecule is CCNC(=NCCCCC(=O)OC)N1CCN(S(=O)(=O)Cc2ccon2)CC1.I. The number of halogens is 1. The Morgan fingerprint density at radius 3 is 2.62 bits per heavy atom. The smallest absolute Gasteiger partial charge is 0.305 e. The number of ether oxygens (including phenoxy) is 1. The Labute approximate surface area is 189 Å². The molecule has 166 valence electrons. The minimum atomic E-state index is -3.42. The van der Waals surface area contributed by atoms with Crippen molar-refractivity contribution in [1.82, 2.24) is 19.7 Å². The number of nitrogens with one attached hydrogen (secondary N) is 1. The van der Waals surface area contributed by atoms with Gasteiger partial charge in [-0.15, -0.1) is 24.0 Å². The molecule has 2 rings (SSSR count). The van der Waals surface area contributed by atoms with Gasteiger partial charge in [-0.1, -0.05) is 5.16 Å². The zero-order valence-electron chi connectivity index (χ0n) is 16.9. The lowest BCUT2D eigenvalue weighted by Gasteiger charge is -2.35. The fourth-order valence-corrected chi connectivity index (χ4v) is 4.29. The summed E-state index contributed by atoms with van der Waals surface area (Å²) in [5.41, 5.74) is 0.407. The van der Waals surface area contributed by atoms with Crippen LogP contribution in [-0.4, -0.2) is 81.1 Å². The largest absolute Gasteiger partial charge is 0.469 e. The van der Waals surface area contributed by atoms with Gasteiger partial charge in [-0.3, -0.25) is 9.79 Å². The van der Waals surface area contributed by atoms with Crippen LogP contribution in [0.25, 0.3) is 0 Å². The second-order valence-corrected chi connectivity index (χ2v) is 8.37. The molecule has 1 aliphatic heterocycles. The van der Waals surface area contributed by atoms with Crippen molar-refractivity contribution >= 4 is 45.9 Å². The molecule has 2 heterocycles. The molecule has 0 saturated carbocycles. The first-order valence-corrected chi connectivity index (χ1v) is 11.0. The van der Waals surface area contributed by atoms with Crippen molar-refractivity contribution < 1.29 is 22.5 Å². The van der Waals surface area contributed by atoms with Crippen molar-refractivity contribution in [2.45, 2.75) is 31.9 Å². The number of nitrogens with zero attached hydrogens (tertiary/aromatic N) is 4. The van der Waals surface area contributed by atoms with Gasteiger partial charge < -0.3 is 19.5 Å². The summed E-state index contributed by atoms with van der Waals surface area (Å²) in [5, 5.41) is 6.93. The van der Waals surface area contributed by atoms with E-state index in [4.69, 9.17) is 4.52 Å². The van der Waals surface area contributed by atoms with Crippen LogP contribution in [0.2, 0.25) is 0 Å². The first kappa shape index (κ1) is 25.6. The molecule has 0 atom stereocenters. The van der Waals surface area contributed by atoms with Crippen molar-refractivity contribution in [3.8, 4) is 0 Å². The highest BCUT2D eigenvalue weighted by atomic mass is 127.